The van der Waals surface area contributed by atoms with Crippen molar-refractivity contribution < 1.29 is 9.59 Å². The maximum absolute atomic E-state index is 12.1. The molecular weight excluding hydrogens is 254 g/mol. The lowest BCUT2D eigenvalue weighted by Crippen LogP contribution is -2.41. The predicted molar refractivity (Wildman–Crippen MR) is 73.4 cm³/mol. The van der Waals surface area contributed by atoms with Gasteiger partial charge in [0.2, 0.25) is 11.8 Å². The molecule has 1 aliphatic heterocycles. The van der Waals surface area contributed by atoms with E-state index in [0.717, 1.165) is 5.56 Å². The maximum Gasteiger partial charge on any atom is 0.247 e. The molecule has 1 aliphatic rings. The van der Waals surface area contributed by atoms with Crippen molar-refractivity contribution in [2.24, 2.45) is 0 Å². The molecule has 0 radical (unpaired) electrons. The third kappa shape index (κ3) is 2.86. The van der Waals surface area contributed by atoms with E-state index in [1.165, 1.54) is 4.90 Å². The first kappa shape index (κ1) is 14.2. The van der Waals surface area contributed by atoms with Crippen LogP contribution in [0.3, 0.4) is 0 Å². The highest BCUT2D eigenvalue weighted by molar-refractivity contribution is 6.05. The second-order valence-corrected chi connectivity index (χ2v) is 5.14. The Kier molecular flexibility index (Phi) is 4.16. The highest BCUT2D eigenvalue weighted by Gasteiger charge is 2.39. The van der Waals surface area contributed by atoms with Crippen LogP contribution in [-0.2, 0) is 16.1 Å². The lowest BCUT2D eigenvalue weighted by atomic mass is 10.1. The van der Waals surface area contributed by atoms with Crippen molar-refractivity contribution in [3.8, 4) is 6.07 Å². The zero-order valence-electron chi connectivity index (χ0n) is 11.6. The van der Waals surface area contributed by atoms with E-state index in [1.807, 2.05) is 26.0 Å². The highest BCUT2D eigenvalue weighted by Crippen LogP contribution is 2.16. The third-order valence-electron chi connectivity index (χ3n) is 3.33. The number of benzene rings is 1. The van der Waals surface area contributed by atoms with Gasteiger partial charge in [0.15, 0.2) is 0 Å². The molecule has 1 N–H and O–H groups in total. The monoisotopic (exact) mass is 271 g/mol. The summed E-state index contributed by atoms with van der Waals surface area (Å²) in [6.45, 7) is 4.17. The number of nitrogens with one attached hydrogen (secondary N) is 1. The summed E-state index contributed by atoms with van der Waals surface area (Å²) in [6.07, 6.45) is 0.216. The van der Waals surface area contributed by atoms with Crippen molar-refractivity contribution in [2.75, 3.05) is 0 Å². The molecule has 1 aromatic carbocycles. The minimum atomic E-state index is -0.444. The quantitative estimate of drug-likeness (QED) is 0.835. The Bertz CT molecular complexity index is 557. The average molecular weight is 271 g/mol. The molecule has 5 nitrogen and oxygen atoms in total. The molecule has 0 bridgehead atoms. The van der Waals surface area contributed by atoms with E-state index in [4.69, 9.17) is 5.26 Å². The molecule has 1 aromatic rings. The zero-order chi connectivity index (χ0) is 14.7. The molecule has 1 atom stereocenters. The van der Waals surface area contributed by atoms with Crippen LogP contribution in [0.15, 0.2) is 24.3 Å². The minimum absolute atomic E-state index is 0.100. The SMILES string of the molecule is CC(C)N1C(=O)CC(NCc2ccc(C#N)cc2)C1=O. The topological polar surface area (TPSA) is 73.2 Å². The Morgan fingerprint density at radius 2 is 2.00 bits per heavy atom. The summed E-state index contributed by atoms with van der Waals surface area (Å²) in [5, 5.41) is 11.8. The molecule has 1 heterocycles. The number of nitrogens with zero attached hydrogens (tertiary/aromatic N) is 2. The van der Waals surface area contributed by atoms with Crippen molar-refractivity contribution in [3.63, 3.8) is 0 Å². The van der Waals surface area contributed by atoms with Gasteiger partial charge in [-0.15, -0.1) is 0 Å². The van der Waals surface area contributed by atoms with Crippen molar-refractivity contribution in [3.05, 3.63) is 35.4 Å². The van der Waals surface area contributed by atoms with Crippen LogP contribution in [0.4, 0.5) is 0 Å². The molecule has 0 aliphatic carbocycles. The summed E-state index contributed by atoms with van der Waals surface area (Å²) in [6, 6.07) is 8.66. The third-order valence-corrected chi connectivity index (χ3v) is 3.33. The average Bonchev–Trinajstić information content (AvgIpc) is 2.71. The normalized spacial score (nSPS) is 18.7. The number of imide groups is 1. The van der Waals surface area contributed by atoms with E-state index in [9.17, 15) is 9.59 Å². The molecule has 20 heavy (non-hydrogen) atoms. The number of carbonyl (C=O) groups is 2. The van der Waals surface area contributed by atoms with Gasteiger partial charge < -0.3 is 5.32 Å². The molecule has 2 amide bonds. The van der Waals surface area contributed by atoms with Gasteiger partial charge in [0.1, 0.15) is 0 Å². The Morgan fingerprint density at radius 3 is 2.50 bits per heavy atom. The van der Waals surface area contributed by atoms with Crippen LogP contribution >= 0.6 is 0 Å². The van der Waals surface area contributed by atoms with Crippen LogP contribution < -0.4 is 5.32 Å². The molecule has 2 rings (SSSR count). The van der Waals surface area contributed by atoms with E-state index < -0.39 is 6.04 Å². The summed E-state index contributed by atoms with van der Waals surface area (Å²) < 4.78 is 0. The van der Waals surface area contributed by atoms with Crippen LogP contribution in [0, 0.1) is 11.3 Å². The first-order chi connectivity index (χ1) is 9.52. The van der Waals surface area contributed by atoms with Crippen LogP contribution in [0.1, 0.15) is 31.4 Å². The van der Waals surface area contributed by atoms with Gasteiger partial charge in [-0.05, 0) is 31.5 Å². The van der Waals surface area contributed by atoms with Crippen molar-refractivity contribution in [1.29, 1.82) is 5.26 Å². The van der Waals surface area contributed by atoms with E-state index >= 15 is 0 Å². The molecular formula is C15H17N3O2. The largest absolute Gasteiger partial charge is 0.301 e. The fourth-order valence-corrected chi connectivity index (χ4v) is 2.29. The van der Waals surface area contributed by atoms with E-state index in [0.29, 0.717) is 12.1 Å². The van der Waals surface area contributed by atoms with Crippen molar-refractivity contribution >= 4 is 11.8 Å². The smallest absolute Gasteiger partial charge is 0.247 e. The van der Waals surface area contributed by atoms with Crippen LogP contribution in [0.5, 0.6) is 0 Å². The number of amides is 2. The lowest BCUT2D eigenvalue weighted by Gasteiger charge is -2.19. The van der Waals surface area contributed by atoms with Gasteiger partial charge in [-0.25, -0.2) is 0 Å². The first-order valence-corrected chi connectivity index (χ1v) is 6.61. The Hall–Kier alpha value is -2.19. The molecule has 1 fully saturated rings. The molecule has 5 heteroatoms. The summed E-state index contributed by atoms with van der Waals surface area (Å²) in [7, 11) is 0. The number of rotatable bonds is 4. The highest BCUT2D eigenvalue weighted by atomic mass is 16.2. The molecule has 0 spiro atoms. The van der Waals surface area contributed by atoms with Gasteiger partial charge in [-0.1, -0.05) is 12.1 Å². The van der Waals surface area contributed by atoms with Gasteiger partial charge in [0, 0.05) is 12.6 Å². The summed E-state index contributed by atoms with van der Waals surface area (Å²) in [4.78, 5) is 25.2. The standard InChI is InChI=1S/C15H17N3O2/c1-10(2)18-14(19)7-13(15(18)20)17-9-12-5-3-11(8-16)4-6-12/h3-6,10,13,17H,7,9H2,1-2H3. The molecule has 1 unspecified atom stereocenters. The van der Waals surface area contributed by atoms with Crippen LogP contribution in [0.25, 0.3) is 0 Å². The lowest BCUT2D eigenvalue weighted by molar-refractivity contribution is -0.140. The van der Waals surface area contributed by atoms with Gasteiger partial charge >= 0.3 is 0 Å². The molecule has 104 valence electrons. The fourth-order valence-electron chi connectivity index (χ4n) is 2.29. The van der Waals surface area contributed by atoms with Crippen molar-refractivity contribution in [2.45, 2.75) is 38.9 Å². The van der Waals surface area contributed by atoms with Crippen LogP contribution in [-0.4, -0.2) is 28.8 Å². The van der Waals surface area contributed by atoms with Gasteiger partial charge in [0.05, 0.1) is 24.1 Å². The molecule has 0 saturated carbocycles. The second kappa shape index (κ2) is 5.85. The van der Waals surface area contributed by atoms with Gasteiger partial charge in [0.25, 0.3) is 0 Å². The first-order valence-electron chi connectivity index (χ1n) is 6.61. The van der Waals surface area contributed by atoms with Gasteiger partial charge in [-0.2, -0.15) is 5.26 Å². The Balaban J connectivity index is 1.96. The molecule has 0 aromatic heterocycles. The van der Waals surface area contributed by atoms with E-state index in [-0.39, 0.29) is 24.3 Å². The van der Waals surface area contributed by atoms with E-state index in [2.05, 4.69) is 11.4 Å². The van der Waals surface area contributed by atoms with E-state index in [1.54, 1.807) is 12.1 Å². The number of hydrogen-bond donors (Lipinski definition) is 1. The number of hydrogen-bond acceptors (Lipinski definition) is 4. The zero-order valence-corrected chi connectivity index (χ0v) is 11.6. The Morgan fingerprint density at radius 1 is 1.35 bits per heavy atom. The summed E-state index contributed by atoms with van der Waals surface area (Å²) in [5.41, 5.74) is 1.58. The number of nitriles is 1. The molecule has 1 saturated heterocycles. The van der Waals surface area contributed by atoms with Crippen molar-refractivity contribution in [1.82, 2.24) is 10.2 Å². The number of likely N-dealkylation sites (tertiary alicyclic amines) is 1. The maximum atomic E-state index is 12.1. The van der Waals surface area contributed by atoms with Crippen LogP contribution in [0.2, 0.25) is 0 Å². The second-order valence-electron chi connectivity index (χ2n) is 5.14. The Labute approximate surface area is 118 Å². The summed E-state index contributed by atoms with van der Waals surface area (Å²) in [5.74, 6) is -0.277. The number of carbonyl (C=O) groups excluding carboxylic acids is 2. The minimum Gasteiger partial charge on any atom is -0.301 e. The fraction of sp³-hybridized carbons (Fsp3) is 0.400. The predicted octanol–water partition coefficient (Wildman–Crippen LogP) is 1.18. The summed E-state index contributed by atoms with van der Waals surface area (Å²) >= 11 is 0. The van der Waals surface area contributed by atoms with Gasteiger partial charge in [-0.3, -0.25) is 14.5 Å².